The zero-order valence-electron chi connectivity index (χ0n) is 8.06. The highest BCUT2D eigenvalue weighted by Crippen LogP contribution is 2.19. The lowest BCUT2D eigenvalue weighted by molar-refractivity contribution is 0.268. The number of aromatic nitrogens is 1. The molecule has 1 unspecified atom stereocenters. The van der Waals surface area contributed by atoms with Gasteiger partial charge in [0.05, 0.1) is 12.1 Å². The molecule has 2 aromatic rings. The smallest absolute Gasteiger partial charge is 0.408 e. The second kappa shape index (κ2) is 3.88. The third-order valence-corrected chi connectivity index (χ3v) is 2.42. The van der Waals surface area contributed by atoms with E-state index < -0.39 is 5.76 Å². The average Bonchev–Trinajstić information content (AvgIpc) is 2.59. The Bertz CT molecular complexity index is 511. The van der Waals surface area contributed by atoms with Crippen LogP contribution in [0.4, 0.5) is 0 Å². The van der Waals surface area contributed by atoms with Gasteiger partial charge in [-0.15, -0.1) is 0 Å². The van der Waals surface area contributed by atoms with Gasteiger partial charge >= 0.3 is 5.76 Å². The third-order valence-electron chi connectivity index (χ3n) is 2.42. The van der Waals surface area contributed by atoms with Gasteiger partial charge in [-0.05, 0) is 17.7 Å². The van der Waals surface area contributed by atoms with Gasteiger partial charge < -0.3 is 15.3 Å². The topological polar surface area (TPSA) is 92.2 Å². The van der Waals surface area contributed by atoms with Gasteiger partial charge in [0.15, 0.2) is 5.58 Å². The van der Waals surface area contributed by atoms with Gasteiger partial charge in [-0.25, -0.2) is 4.79 Å². The summed E-state index contributed by atoms with van der Waals surface area (Å²) in [5.41, 5.74) is 7.52. The van der Waals surface area contributed by atoms with E-state index in [-0.39, 0.29) is 12.5 Å². The van der Waals surface area contributed by atoms with Crippen molar-refractivity contribution in [3.8, 4) is 0 Å². The monoisotopic (exact) mass is 208 g/mol. The van der Waals surface area contributed by atoms with Crippen LogP contribution in [-0.2, 0) is 0 Å². The van der Waals surface area contributed by atoms with Crippen LogP contribution in [0, 0.1) is 0 Å². The molecule has 1 heterocycles. The molecule has 15 heavy (non-hydrogen) atoms. The maximum Gasteiger partial charge on any atom is 0.417 e. The molecule has 2 rings (SSSR count). The van der Waals surface area contributed by atoms with Crippen LogP contribution in [0.15, 0.2) is 27.4 Å². The van der Waals surface area contributed by atoms with Gasteiger partial charge in [0.1, 0.15) is 0 Å². The van der Waals surface area contributed by atoms with Crippen molar-refractivity contribution in [2.24, 2.45) is 5.73 Å². The molecule has 4 N–H and O–H groups in total. The summed E-state index contributed by atoms with van der Waals surface area (Å²) in [6, 6.07) is 5.29. The van der Waals surface area contributed by atoms with Gasteiger partial charge in [-0.1, -0.05) is 6.07 Å². The lowest BCUT2D eigenvalue weighted by Crippen LogP contribution is -2.15. The van der Waals surface area contributed by atoms with E-state index in [0.29, 0.717) is 17.6 Å². The molecule has 0 saturated heterocycles. The SMILES string of the molecule is NCC(CO)c1ccc2[nH]c(=O)oc2c1. The van der Waals surface area contributed by atoms with E-state index in [1.54, 1.807) is 12.1 Å². The number of rotatable bonds is 3. The number of hydrogen-bond acceptors (Lipinski definition) is 4. The van der Waals surface area contributed by atoms with Crippen LogP contribution < -0.4 is 11.5 Å². The Hall–Kier alpha value is -1.59. The Balaban J connectivity index is 2.49. The number of fused-ring (bicyclic) bond motifs is 1. The number of benzene rings is 1. The van der Waals surface area contributed by atoms with Crippen molar-refractivity contribution in [1.82, 2.24) is 4.98 Å². The molecule has 0 bridgehead atoms. The van der Waals surface area contributed by atoms with Crippen molar-refractivity contribution in [2.75, 3.05) is 13.2 Å². The van der Waals surface area contributed by atoms with E-state index in [2.05, 4.69) is 4.98 Å². The van der Waals surface area contributed by atoms with Gasteiger partial charge in [0, 0.05) is 12.5 Å². The number of nitrogens with one attached hydrogen (secondary N) is 1. The molecular formula is C10H12N2O3. The highest BCUT2D eigenvalue weighted by atomic mass is 16.4. The lowest BCUT2D eigenvalue weighted by Gasteiger charge is -2.10. The van der Waals surface area contributed by atoms with Crippen LogP contribution in [0.1, 0.15) is 11.5 Å². The summed E-state index contributed by atoms with van der Waals surface area (Å²) in [6.45, 7) is 0.341. The molecule has 0 spiro atoms. The summed E-state index contributed by atoms with van der Waals surface area (Å²) in [6.07, 6.45) is 0. The summed E-state index contributed by atoms with van der Waals surface area (Å²) in [7, 11) is 0. The molecule has 0 aliphatic heterocycles. The van der Waals surface area contributed by atoms with Crippen LogP contribution in [0.3, 0.4) is 0 Å². The summed E-state index contributed by atoms with van der Waals surface area (Å²) in [4.78, 5) is 13.5. The van der Waals surface area contributed by atoms with E-state index >= 15 is 0 Å². The minimum Gasteiger partial charge on any atom is -0.408 e. The van der Waals surface area contributed by atoms with Crippen LogP contribution in [0.25, 0.3) is 11.1 Å². The number of oxazole rings is 1. The molecule has 5 nitrogen and oxygen atoms in total. The largest absolute Gasteiger partial charge is 0.417 e. The van der Waals surface area contributed by atoms with Gasteiger partial charge in [0.25, 0.3) is 0 Å². The van der Waals surface area contributed by atoms with Crippen molar-refractivity contribution < 1.29 is 9.52 Å². The first-order chi connectivity index (χ1) is 7.24. The first kappa shape index (κ1) is 9.95. The number of H-pyrrole nitrogens is 1. The van der Waals surface area contributed by atoms with Gasteiger partial charge in [-0.3, -0.25) is 4.98 Å². The molecule has 1 atom stereocenters. The highest BCUT2D eigenvalue weighted by Gasteiger charge is 2.10. The standard InChI is InChI=1S/C10H12N2O3/c11-4-7(5-13)6-1-2-8-9(3-6)15-10(14)12-8/h1-3,7,13H,4-5,11H2,(H,12,14). The average molecular weight is 208 g/mol. The Labute approximate surface area is 85.5 Å². The van der Waals surface area contributed by atoms with Crippen molar-refractivity contribution in [1.29, 1.82) is 0 Å². The van der Waals surface area contributed by atoms with Crippen molar-refractivity contribution in [3.63, 3.8) is 0 Å². The maximum absolute atomic E-state index is 10.9. The minimum atomic E-state index is -0.476. The number of aliphatic hydroxyl groups is 1. The lowest BCUT2D eigenvalue weighted by atomic mass is 10.00. The van der Waals surface area contributed by atoms with Crippen molar-refractivity contribution in [2.45, 2.75) is 5.92 Å². The fraction of sp³-hybridized carbons (Fsp3) is 0.300. The molecule has 0 aliphatic rings. The van der Waals surface area contributed by atoms with Crippen molar-refractivity contribution in [3.05, 3.63) is 34.3 Å². The summed E-state index contributed by atoms with van der Waals surface area (Å²) >= 11 is 0. The number of hydrogen-bond donors (Lipinski definition) is 3. The number of aromatic amines is 1. The van der Waals surface area contributed by atoms with Gasteiger partial charge in [-0.2, -0.15) is 0 Å². The van der Waals surface area contributed by atoms with Crippen LogP contribution in [0.5, 0.6) is 0 Å². The molecule has 0 amide bonds. The normalized spacial score (nSPS) is 13.2. The molecule has 5 heteroatoms. The third kappa shape index (κ3) is 1.79. The van der Waals surface area contributed by atoms with Crippen LogP contribution in [-0.4, -0.2) is 23.2 Å². The summed E-state index contributed by atoms with van der Waals surface area (Å²) in [5, 5.41) is 9.08. The first-order valence-corrected chi connectivity index (χ1v) is 4.68. The van der Waals surface area contributed by atoms with Crippen molar-refractivity contribution >= 4 is 11.1 Å². The first-order valence-electron chi connectivity index (χ1n) is 4.68. The molecule has 80 valence electrons. The Morgan fingerprint density at radius 3 is 3.00 bits per heavy atom. The second-order valence-corrected chi connectivity index (χ2v) is 3.39. The zero-order chi connectivity index (χ0) is 10.8. The Kier molecular flexibility index (Phi) is 2.57. The molecule has 1 aromatic heterocycles. The second-order valence-electron chi connectivity index (χ2n) is 3.39. The fourth-order valence-electron chi connectivity index (χ4n) is 1.53. The van der Waals surface area contributed by atoms with E-state index in [1.165, 1.54) is 0 Å². The zero-order valence-corrected chi connectivity index (χ0v) is 8.06. The molecule has 0 saturated carbocycles. The number of aliphatic hydroxyl groups excluding tert-OH is 1. The fourth-order valence-corrected chi connectivity index (χ4v) is 1.53. The van der Waals surface area contributed by atoms with E-state index in [1.807, 2.05) is 6.07 Å². The Morgan fingerprint density at radius 1 is 1.53 bits per heavy atom. The van der Waals surface area contributed by atoms with E-state index in [9.17, 15) is 4.79 Å². The van der Waals surface area contributed by atoms with Crippen LogP contribution in [0.2, 0.25) is 0 Å². The summed E-state index contributed by atoms with van der Waals surface area (Å²) < 4.78 is 4.91. The molecular weight excluding hydrogens is 196 g/mol. The highest BCUT2D eigenvalue weighted by molar-refractivity contribution is 5.72. The predicted molar refractivity (Wildman–Crippen MR) is 55.7 cm³/mol. The molecule has 0 aliphatic carbocycles. The summed E-state index contributed by atoms with van der Waals surface area (Å²) in [5.74, 6) is -0.593. The predicted octanol–water partition coefficient (Wildman–Crippen LogP) is 0.156. The van der Waals surface area contributed by atoms with E-state index in [4.69, 9.17) is 15.3 Å². The molecule has 0 radical (unpaired) electrons. The minimum absolute atomic E-state index is 0.0172. The number of nitrogens with two attached hydrogens (primary N) is 1. The van der Waals surface area contributed by atoms with E-state index in [0.717, 1.165) is 5.56 Å². The molecule has 1 aromatic carbocycles. The van der Waals surface area contributed by atoms with Crippen LogP contribution >= 0.6 is 0 Å². The van der Waals surface area contributed by atoms with Gasteiger partial charge in [0.2, 0.25) is 0 Å². The maximum atomic E-state index is 10.9. The quantitative estimate of drug-likeness (QED) is 0.669. The Morgan fingerprint density at radius 2 is 2.33 bits per heavy atom. The molecule has 0 fully saturated rings.